The second-order valence-corrected chi connectivity index (χ2v) is 4.13. The second kappa shape index (κ2) is 4.48. The molecule has 0 unspecified atom stereocenters. The van der Waals surface area contributed by atoms with Crippen LogP contribution in [0.15, 0.2) is 12.1 Å². The fraction of sp³-hybridized carbons (Fsp3) is 0.125. The van der Waals surface area contributed by atoms with Crippen molar-refractivity contribution in [3.63, 3.8) is 0 Å². The lowest BCUT2D eigenvalue weighted by Crippen LogP contribution is -2.02. The quantitative estimate of drug-likeness (QED) is 0.448. The second-order valence-electron chi connectivity index (χ2n) is 2.21. The Labute approximate surface area is 99.3 Å². The summed E-state index contributed by atoms with van der Waals surface area (Å²) in [6.07, 6.45) is 0. The first-order valence-electron chi connectivity index (χ1n) is 3.29. The van der Waals surface area contributed by atoms with Crippen molar-refractivity contribution in [2.75, 3.05) is 7.11 Å². The molecule has 0 N–H and O–H groups in total. The zero-order chi connectivity index (χ0) is 10.0. The Bertz CT molecular complexity index is 352. The van der Waals surface area contributed by atoms with Gasteiger partial charge in [-0.1, -0.05) is 23.2 Å². The standard InChI is InChI=1S/C8H5Cl2IO2/c1-13-8(12)4-2-3-5(11)7(10)6(4)9/h2-3H,1H3. The minimum absolute atomic E-state index is 0.236. The van der Waals surface area contributed by atoms with E-state index in [9.17, 15) is 4.79 Å². The van der Waals surface area contributed by atoms with Crippen molar-refractivity contribution in [3.05, 3.63) is 31.3 Å². The van der Waals surface area contributed by atoms with E-state index in [0.29, 0.717) is 5.02 Å². The number of esters is 1. The summed E-state index contributed by atoms with van der Waals surface area (Å²) in [6, 6.07) is 3.29. The molecule has 0 saturated carbocycles. The Morgan fingerprint density at radius 3 is 2.54 bits per heavy atom. The molecular weight excluding hydrogens is 326 g/mol. The number of ether oxygens (including phenoxy) is 1. The zero-order valence-corrected chi connectivity index (χ0v) is 10.3. The van der Waals surface area contributed by atoms with Gasteiger partial charge in [-0.05, 0) is 34.7 Å². The number of benzene rings is 1. The van der Waals surface area contributed by atoms with Gasteiger partial charge in [0.05, 0.1) is 22.7 Å². The monoisotopic (exact) mass is 330 g/mol. The Morgan fingerprint density at radius 2 is 2.00 bits per heavy atom. The van der Waals surface area contributed by atoms with Gasteiger partial charge in [0.15, 0.2) is 0 Å². The van der Waals surface area contributed by atoms with E-state index in [1.54, 1.807) is 12.1 Å². The van der Waals surface area contributed by atoms with Crippen LogP contribution in [0, 0.1) is 3.57 Å². The van der Waals surface area contributed by atoms with E-state index in [0.717, 1.165) is 3.57 Å². The van der Waals surface area contributed by atoms with Crippen molar-refractivity contribution in [2.24, 2.45) is 0 Å². The van der Waals surface area contributed by atoms with Gasteiger partial charge in [-0.15, -0.1) is 0 Å². The van der Waals surface area contributed by atoms with E-state index in [2.05, 4.69) is 4.74 Å². The molecule has 0 aliphatic carbocycles. The molecule has 0 radical (unpaired) electrons. The van der Waals surface area contributed by atoms with E-state index in [4.69, 9.17) is 23.2 Å². The molecule has 0 amide bonds. The topological polar surface area (TPSA) is 26.3 Å². The molecule has 0 aliphatic rings. The summed E-state index contributed by atoms with van der Waals surface area (Å²) in [5, 5.41) is 0.616. The average molecular weight is 331 g/mol. The average Bonchev–Trinajstić information content (AvgIpc) is 2.13. The fourth-order valence-electron chi connectivity index (χ4n) is 0.794. The first-order chi connectivity index (χ1) is 6.07. The summed E-state index contributed by atoms with van der Waals surface area (Å²) in [6.45, 7) is 0. The molecular formula is C8H5Cl2IO2. The Kier molecular flexibility index (Phi) is 3.82. The van der Waals surface area contributed by atoms with E-state index in [1.807, 2.05) is 22.6 Å². The highest BCUT2D eigenvalue weighted by Crippen LogP contribution is 2.30. The van der Waals surface area contributed by atoms with E-state index in [-0.39, 0.29) is 10.6 Å². The van der Waals surface area contributed by atoms with Gasteiger partial charge in [0.25, 0.3) is 0 Å². The lowest BCUT2D eigenvalue weighted by Gasteiger charge is -2.04. The molecule has 0 atom stereocenters. The first-order valence-corrected chi connectivity index (χ1v) is 5.13. The first kappa shape index (κ1) is 11.1. The molecule has 13 heavy (non-hydrogen) atoms. The van der Waals surface area contributed by atoms with Gasteiger partial charge in [-0.25, -0.2) is 4.79 Å². The molecule has 0 aromatic heterocycles. The van der Waals surface area contributed by atoms with Crippen molar-refractivity contribution in [2.45, 2.75) is 0 Å². The number of methoxy groups -OCH3 is 1. The van der Waals surface area contributed by atoms with Crippen LogP contribution in [0.4, 0.5) is 0 Å². The molecule has 0 aliphatic heterocycles. The zero-order valence-electron chi connectivity index (χ0n) is 6.61. The predicted octanol–water partition coefficient (Wildman–Crippen LogP) is 3.38. The molecule has 70 valence electrons. The molecule has 5 heteroatoms. The third kappa shape index (κ3) is 2.27. The largest absolute Gasteiger partial charge is 0.465 e. The number of rotatable bonds is 1. The highest BCUT2D eigenvalue weighted by molar-refractivity contribution is 14.1. The number of carbonyl (C=O) groups is 1. The normalized spacial score (nSPS) is 9.85. The highest BCUT2D eigenvalue weighted by Gasteiger charge is 2.14. The predicted molar refractivity (Wildman–Crippen MR) is 60.5 cm³/mol. The number of hydrogen-bond donors (Lipinski definition) is 0. The van der Waals surface area contributed by atoms with Crippen LogP contribution in [0.3, 0.4) is 0 Å². The van der Waals surface area contributed by atoms with Crippen LogP contribution in [0.5, 0.6) is 0 Å². The fourth-order valence-corrected chi connectivity index (χ4v) is 1.81. The van der Waals surface area contributed by atoms with Crippen molar-refractivity contribution < 1.29 is 9.53 Å². The van der Waals surface area contributed by atoms with Gasteiger partial charge < -0.3 is 4.74 Å². The summed E-state index contributed by atoms with van der Waals surface area (Å²) in [5.74, 6) is -0.483. The Balaban J connectivity index is 3.26. The maximum atomic E-state index is 11.1. The van der Waals surface area contributed by atoms with Crippen molar-refractivity contribution in [1.82, 2.24) is 0 Å². The maximum absolute atomic E-state index is 11.1. The van der Waals surface area contributed by atoms with Crippen LogP contribution >= 0.6 is 45.8 Å². The Hall–Kier alpha value is -0.000000000000000111. The van der Waals surface area contributed by atoms with Crippen LogP contribution in [0.1, 0.15) is 10.4 Å². The van der Waals surface area contributed by atoms with Crippen LogP contribution < -0.4 is 0 Å². The summed E-state index contributed by atoms with van der Waals surface area (Å²) in [7, 11) is 1.30. The third-order valence-corrected chi connectivity index (χ3v) is 3.54. The molecule has 0 spiro atoms. The Morgan fingerprint density at radius 1 is 1.38 bits per heavy atom. The summed E-state index contributed by atoms with van der Waals surface area (Å²) >= 11 is 13.7. The molecule has 2 nitrogen and oxygen atoms in total. The molecule has 0 fully saturated rings. The van der Waals surface area contributed by atoms with Crippen molar-refractivity contribution in [3.8, 4) is 0 Å². The van der Waals surface area contributed by atoms with Crippen molar-refractivity contribution in [1.29, 1.82) is 0 Å². The van der Waals surface area contributed by atoms with Crippen molar-refractivity contribution >= 4 is 51.8 Å². The van der Waals surface area contributed by atoms with Crippen LogP contribution in [0.2, 0.25) is 10.0 Å². The molecule has 1 aromatic carbocycles. The number of halogens is 3. The van der Waals surface area contributed by atoms with Gasteiger partial charge in [0.1, 0.15) is 0 Å². The van der Waals surface area contributed by atoms with Gasteiger partial charge in [-0.3, -0.25) is 0 Å². The minimum atomic E-state index is -0.483. The van der Waals surface area contributed by atoms with Crippen LogP contribution in [0.25, 0.3) is 0 Å². The maximum Gasteiger partial charge on any atom is 0.339 e. The lowest BCUT2D eigenvalue weighted by atomic mass is 10.2. The van der Waals surface area contributed by atoms with Gasteiger partial charge in [0, 0.05) is 3.57 Å². The summed E-state index contributed by atoms with van der Waals surface area (Å²) in [5.41, 5.74) is 0.287. The highest BCUT2D eigenvalue weighted by atomic mass is 127. The van der Waals surface area contributed by atoms with Gasteiger partial charge in [-0.2, -0.15) is 0 Å². The molecule has 1 rings (SSSR count). The third-order valence-electron chi connectivity index (χ3n) is 1.44. The molecule has 1 aromatic rings. The van der Waals surface area contributed by atoms with Gasteiger partial charge >= 0.3 is 5.97 Å². The smallest absolute Gasteiger partial charge is 0.339 e. The number of hydrogen-bond acceptors (Lipinski definition) is 2. The van der Waals surface area contributed by atoms with Gasteiger partial charge in [0.2, 0.25) is 0 Å². The van der Waals surface area contributed by atoms with Crippen LogP contribution in [-0.4, -0.2) is 13.1 Å². The van der Waals surface area contributed by atoms with Crippen LogP contribution in [-0.2, 0) is 4.74 Å². The molecule has 0 saturated heterocycles. The van der Waals surface area contributed by atoms with E-state index >= 15 is 0 Å². The molecule has 0 heterocycles. The number of carbonyl (C=O) groups excluding carboxylic acids is 1. The molecule has 0 bridgehead atoms. The van der Waals surface area contributed by atoms with E-state index in [1.165, 1.54) is 7.11 Å². The summed E-state index contributed by atoms with van der Waals surface area (Å²) in [4.78, 5) is 11.1. The lowest BCUT2D eigenvalue weighted by molar-refractivity contribution is 0.0601. The van der Waals surface area contributed by atoms with E-state index < -0.39 is 5.97 Å². The summed E-state index contributed by atoms with van der Waals surface area (Å²) < 4.78 is 5.33. The minimum Gasteiger partial charge on any atom is -0.465 e. The SMILES string of the molecule is COC(=O)c1ccc(I)c(Cl)c1Cl.